The van der Waals surface area contributed by atoms with Crippen molar-refractivity contribution < 1.29 is 4.39 Å². The van der Waals surface area contributed by atoms with Crippen LogP contribution in [-0.4, -0.2) is 62.4 Å². The number of aromatic nitrogens is 10. The number of hydrogen-bond donors (Lipinski definition) is 3. The van der Waals surface area contributed by atoms with Crippen LogP contribution >= 0.6 is 35.1 Å². The zero-order chi connectivity index (χ0) is 32.9. The summed E-state index contributed by atoms with van der Waals surface area (Å²) in [6.45, 7) is 0. The predicted octanol–water partition coefficient (Wildman–Crippen LogP) is 6.48. The van der Waals surface area contributed by atoms with Crippen LogP contribution in [0.2, 0.25) is 5.02 Å². The maximum atomic E-state index is 14.3. The Morgan fingerprint density at radius 2 is 1.32 bits per heavy atom. The van der Waals surface area contributed by atoms with Crippen LogP contribution in [0.5, 0.6) is 0 Å². The van der Waals surface area contributed by atoms with Crippen LogP contribution in [0.15, 0.2) is 89.7 Å². The molecule has 47 heavy (non-hydrogen) atoms. The predicted molar refractivity (Wildman–Crippen MR) is 184 cm³/mol. The van der Waals surface area contributed by atoms with Crippen molar-refractivity contribution in [1.82, 2.24) is 49.8 Å². The summed E-state index contributed by atoms with van der Waals surface area (Å²) < 4.78 is 14.3. The molecule has 0 amide bonds. The summed E-state index contributed by atoms with van der Waals surface area (Å²) >= 11 is 8.94. The molecule has 5 heterocycles. The monoisotopic (exact) mass is 682 g/mol. The van der Waals surface area contributed by atoms with Gasteiger partial charge in [0.25, 0.3) is 0 Å². The van der Waals surface area contributed by atoms with Crippen LogP contribution in [0, 0.1) is 5.82 Å². The van der Waals surface area contributed by atoms with Gasteiger partial charge in [-0.1, -0.05) is 59.4 Å². The second kappa shape index (κ2) is 14.0. The Kier molecular flexibility index (Phi) is 9.47. The van der Waals surface area contributed by atoms with Crippen molar-refractivity contribution in [3.05, 3.63) is 90.2 Å². The van der Waals surface area contributed by atoms with Gasteiger partial charge in [0.15, 0.2) is 33.2 Å². The van der Waals surface area contributed by atoms with E-state index in [1.54, 1.807) is 54.9 Å². The van der Waals surface area contributed by atoms with E-state index >= 15 is 0 Å². The molecule has 0 unspecified atom stereocenters. The molecule has 0 radical (unpaired) electrons. The number of rotatable bonds is 6. The first-order valence-electron chi connectivity index (χ1n) is 13.7. The van der Waals surface area contributed by atoms with E-state index in [1.807, 2.05) is 24.6 Å². The molecule has 0 fully saturated rings. The highest BCUT2D eigenvalue weighted by Crippen LogP contribution is 2.33. The topological polar surface area (TPSA) is 184 Å². The zero-order valence-electron chi connectivity index (χ0n) is 24.8. The molecule has 0 atom stereocenters. The molecule has 0 aliphatic heterocycles. The van der Waals surface area contributed by atoms with Crippen LogP contribution in [0.1, 0.15) is 0 Å². The van der Waals surface area contributed by atoms with E-state index in [9.17, 15) is 4.39 Å². The SMILES string of the molecule is CSc1nccc(-c2nc(N)c(N)nc2-c2cccc(Cl)c2)n1.CSc1nccc(-c2nc3[nH]cnc3nc2-c2ccccc2F)n1. The normalized spacial score (nSPS) is 10.9. The summed E-state index contributed by atoms with van der Waals surface area (Å²) in [5.41, 5.74) is 17.0. The number of thioether (sulfide) groups is 2. The van der Waals surface area contributed by atoms with E-state index in [2.05, 4.69) is 49.8 Å². The van der Waals surface area contributed by atoms with E-state index < -0.39 is 0 Å². The molecule has 0 saturated heterocycles. The molecule has 0 aliphatic carbocycles. The van der Waals surface area contributed by atoms with Gasteiger partial charge >= 0.3 is 0 Å². The minimum Gasteiger partial charge on any atom is -0.381 e. The van der Waals surface area contributed by atoms with Crippen LogP contribution in [-0.2, 0) is 0 Å². The lowest BCUT2D eigenvalue weighted by atomic mass is 10.1. The minimum absolute atomic E-state index is 0.162. The van der Waals surface area contributed by atoms with E-state index in [1.165, 1.54) is 35.9 Å². The van der Waals surface area contributed by atoms with E-state index in [-0.39, 0.29) is 17.5 Å². The molecular formula is C31H24ClFN12S2. The van der Waals surface area contributed by atoms with Gasteiger partial charge in [0.1, 0.15) is 28.6 Å². The van der Waals surface area contributed by atoms with E-state index in [0.717, 1.165) is 5.56 Å². The number of nitrogens with two attached hydrogens (primary N) is 2. The molecule has 12 nitrogen and oxygen atoms in total. The van der Waals surface area contributed by atoms with Gasteiger partial charge in [-0.15, -0.1) is 0 Å². The number of H-pyrrole nitrogens is 1. The molecule has 7 rings (SSSR count). The first-order valence-corrected chi connectivity index (χ1v) is 16.6. The molecule has 16 heteroatoms. The molecule has 234 valence electrons. The first kappa shape index (κ1) is 31.7. The van der Waals surface area contributed by atoms with Crippen molar-refractivity contribution in [2.75, 3.05) is 24.0 Å². The number of hydrogen-bond acceptors (Lipinski definition) is 13. The number of aromatic amines is 1. The van der Waals surface area contributed by atoms with Gasteiger partial charge in [0.05, 0.1) is 17.7 Å². The quantitative estimate of drug-likeness (QED) is 0.128. The third kappa shape index (κ3) is 6.96. The number of nitrogen functional groups attached to an aromatic ring is 2. The molecule has 7 aromatic rings. The summed E-state index contributed by atoms with van der Waals surface area (Å²) in [7, 11) is 0. The lowest BCUT2D eigenvalue weighted by Gasteiger charge is -2.11. The van der Waals surface area contributed by atoms with Crippen molar-refractivity contribution in [2.24, 2.45) is 0 Å². The number of anilines is 2. The number of benzene rings is 2. The Bertz CT molecular complexity index is 2210. The number of halogens is 2. The number of nitrogens with zero attached hydrogens (tertiary/aromatic N) is 9. The molecule has 0 aliphatic rings. The average molecular weight is 683 g/mol. The summed E-state index contributed by atoms with van der Waals surface area (Å²) in [6, 6.07) is 17.2. The Balaban J connectivity index is 0.000000165. The number of imidazole rings is 1. The van der Waals surface area contributed by atoms with E-state index in [0.29, 0.717) is 66.4 Å². The highest BCUT2D eigenvalue weighted by Gasteiger charge is 2.19. The first-order chi connectivity index (χ1) is 22.8. The lowest BCUT2D eigenvalue weighted by Crippen LogP contribution is -2.05. The number of fused-ring (bicyclic) bond motifs is 1. The van der Waals surface area contributed by atoms with Gasteiger partial charge in [-0.25, -0.2) is 49.2 Å². The van der Waals surface area contributed by atoms with Crippen molar-refractivity contribution in [1.29, 1.82) is 0 Å². The van der Waals surface area contributed by atoms with Crippen molar-refractivity contribution in [3.8, 4) is 45.3 Å². The maximum Gasteiger partial charge on any atom is 0.197 e. The average Bonchev–Trinajstić information content (AvgIpc) is 3.57. The Hall–Kier alpha value is -5.25. The Labute approximate surface area is 281 Å². The van der Waals surface area contributed by atoms with Gasteiger partial charge in [-0.2, -0.15) is 0 Å². The molecule has 5 aromatic heterocycles. The number of nitrogens with one attached hydrogen (secondary N) is 1. The summed E-state index contributed by atoms with van der Waals surface area (Å²) in [5, 5.41) is 1.84. The fourth-order valence-electron chi connectivity index (χ4n) is 4.41. The van der Waals surface area contributed by atoms with Crippen LogP contribution in [0.25, 0.3) is 56.6 Å². The second-order valence-electron chi connectivity index (χ2n) is 9.53. The third-order valence-corrected chi connectivity index (χ3v) is 7.92. The Morgan fingerprint density at radius 3 is 1.96 bits per heavy atom. The highest BCUT2D eigenvalue weighted by atomic mass is 35.5. The summed E-state index contributed by atoms with van der Waals surface area (Å²) in [4.78, 5) is 42.1. The second-order valence-corrected chi connectivity index (χ2v) is 11.5. The van der Waals surface area contributed by atoms with Gasteiger partial charge < -0.3 is 16.5 Å². The third-order valence-electron chi connectivity index (χ3n) is 6.56. The summed E-state index contributed by atoms with van der Waals surface area (Å²) in [6.07, 6.45) is 8.62. The maximum absolute atomic E-state index is 14.3. The highest BCUT2D eigenvalue weighted by molar-refractivity contribution is 7.98. The van der Waals surface area contributed by atoms with Gasteiger partial charge in [-0.3, -0.25) is 0 Å². The molecule has 0 spiro atoms. The van der Waals surface area contributed by atoms with Crippen LogP contribution < -0.4 is 11.5 Å². The van der Waals surface area contributed by atoms with Gasteiger partial charge in [0, 0.05) is 28.5 Å². The van der Waals surface area contributed by atoms with Crippen molar-refractivity contribution in [3.63, 3.8) is 0 Å². The molecule has 0 saturated carbocycles. The Morgan fingerprint density at radius 1 is 0.681 bits per heavy atom. The largest absolute Gasteiger partial charge is 0.381 e. The van der Waals surface area contributed by atoms with Crippen LogP contribution in [0.3, 0.4) is 0 Å². The molecule has 2 aromatic carbocycles. The van der Waals surface area contributed by atoms with Crippen molar-refractivity contribution in [2.45, 2.75) is 10.3 Å². The van der Waals surface area contributed by atoms with Gasteiger partial charge in [-0.05, 0) is 48.9 Å². The molecule has 5 N–H and O–H groups in total. The minimum atomic E-state index is -0.373. The standard InChI is InChI=1S/C16H11FN6S.C15H13ClN6S/c1-24-16-18-7-6-11(21-16)13-12(9-4-2-3-5-10(9)17)22-14-15(23-13)20-8-19-14;1-23-15-19-6-5-10(20-15)12-11(21-13(17)14(18)22-12)8-3-2-4-9(16)7-8/h2-8H,1H3,(H,19,20,22,23);2-7H,1H3,(H2,17,21)(H2,18,22). The lowest BCUT2D eigenvalue weighted by molar-refractivity contribution is 0.631. The smallest absolute Gasteiger partial charge is 0.197 e. The van der Waals surface area contributed by atoms with Crippen LogP contribution in [0.4, 0.5) is 16.0 Å². The fraction of sp³-hybridized carbons (Fsp3) is 0.0645. The van der Waals surface area contributed by atoms with Gasteiger partial charge in [0.2, 0.25) is 0 Å². The molecule has 0 bridgehead atoms. The zero-order valence-corrected chi connectivity index (χ0v) is 27.1. The van der Waals surface area contributed by atoms with E-state index in [4.69, 9.17) is 23.1 Å². The van der Waals surface area contributed by atoms with Crippen molar-refractivity contribution >= 4 is 58.1 Å². The fourth-order valence-corrected chi connectivity index (χ4v) is 5.31. The summed E-state index contributed by atoms with van der Waals surface area (Å²) in [5.74, 6) is -0.0416. The molecular weight excluding hydrogens is 659 g/mol.